The summed E-state index contributed by atoms with van der Waals surface area (Å²) in [7, 11) is 0. The maximum atomic E-state index is 11.7. The summed E-state index contributed by atoms with van der Waals surface area (Å²) in [5.74, 6) is 1.81. The van der Waals surface area contributed by atoms with Crippen molar-refractivity contribution in [3.05, 3.63) is 11.6 Å². The number of allylic oxidation sites excluding steroid dienone is 2. The van der Waals surface area contributed by atoms with E-state index < -0.39 is 0 Å². The maximum Gasteiger partial charge on any atom is 0.136 e. The second-order valence-electron chi connectivity index (χ2n) is 5.24. The molecule has 0 aromatic heterocycles. The largest absolute Gasteiger partial charge is 0.299 e. The van der Waals surface area contributed by atoms with E-state index >= 15 is 0 Å². The summed E-state index contributed by atoms with van der Waals surface area (Å²) in [6.45, 7) is 2.23. The predicted octanol–water partition coefficient (Wildman–Crippen LogP) is 2.71. The fraction of sp³-hybridized carbons (Fsp3) is 0.750. The molecule has 13 heavy (non-hydrogen) atoms. The molecule has 0 aromatic carbocycles. The van der Waals surface area contributed by atoms with Gasteiger partial charge in [0, 0.05) is 12.3 Å². The van der Waals surface area contributed by atoms with Crippen LogP contribution in [0.5, 0.6) is 0 Å². The molecule has 0 saturated heterocycles. The van der Waals surface area contributed by atoms with Crippen LogP contribution in [0.4, 0.5) is 0 Å². The Kier molecular flexibility index (Phi) is 1.35. The normalized spacial score (nSPS) is 47.8. The van der Waals surface area contributed by atoms with Gasteiger partial charge in [0.15, 0.2) is 0 Å². The molecule has 0 aliphatic heterocycles. The zero-order valence-corrected chi connectivity index (χ0v) is 8.18. The maximum absolute atomic E-state index is 11.7. The fourth-order valence-corrected chi connectivity index (χ4v) is 3.80. The van der Waals surface area contributed by atoms with Gasteiger partial charge in [0.1, 0.15) is 5.78 Å². The van der Waals surface area contributed by atoms with Crippen molar-refractivity contribution in [1.82, 2.24) is 0 Å². The van der Waals surface area contributed by atoms with E-state index in [4.69, 9.17) is 0 Å². The highest BCUT2D eigenvalue weighted by atomic mass is 16.1. The molecule has 1 spiro atoms. The molecule has 4 aliphatic rings. The van der Waals surface area contributed by atoms with Crippen LogP contribution in [-0.2, 0) is 4.79 Å². The van der Waals surface area contributed by atoms with Crippen molar-refractivity contribution in [1.29, 1.82) is 0 Å². The molecule has 0 N–H and O–H groups in total. The molecule has 3 saturated carbocycles. The molecule has 3 fully saturated rings. The van der Waals surface area contributed by atoms with E-state index in [2.05, 4.69) is 13.0 Å². The van der Waals surface area contributed by atoms with Gasteiger partial charge in [0.2, 0.25) is 0 Å². The lowest BCUT2D eigenvalue weighted by molar-refractivity contribution is -0.134. The van der Waals surface area contributed by atoms with Crippen LogP contribution in [0.2, 0.25) is 0 Å². The quantitative estimate of drug-likeness (QED) is 0.519. The fourth-order valence-electron chi connectivity index (χ4n) is 3.80. The summed E-state index contributed by atoms with van der Waals surface area (Å²) >= 11 is 0. The van der Waals surface area contributed by atoms with Gasteiger partial charge in [-0.05, 0) is 43.9 Å². The Morgan fingerprint density at radius 1 is 1.54 bits per heavy atom. The lowest BCUT2D eigenvalue weighted by Crippen LogP contribution is -2.43. The molecule has 1 heteroatoms. The third-order valence-corrected chi connectivity index (χ3v) is 4.40. The Labute approximate surface area is 79.2 Å². The summed E-state index contributed by atoms with van der Waals surface area (Å²) in [6, 6.07) is 0. The molecular formula is C12H16O. The molecule has 70 valence electrons. The van der Waals surface area contributed by atoms with Gasteiger partial charge in [-0.1, -0.05) is 11.6 Å². The van der Waals surface area contributed by atoms with Crippen molar-refractivity contribution in [2.24, 2.45) is 17.3 Å². The Morgan fingerprint density at radius 2 is 2.38 bits per heavy atom. The van der Waals surface area contributed by atoms with Crippen molar-refractivity contribution in [3.8, 4) is 0 Å². The zero-order valence-electron chi connectivity index (χ0n) is 8.18. The molecule has 0 heterocycles. The van der Waals surface area contributed by atoms with E-state index in [1.807, 2.05) is 0 Å². The van der Waals surface area contributed by atoms with Crippen molar-refractivity contribution in [2.45, 2.75) is 39.0 Å². The minimum absolute atomic E-state index is 0.329. The highest BCUT2D eigenvalue weighted by Crippen LogP contribution is 2.58. The molecule has 4 rings (SSSR count). The summed E-state index contributed by atoms with van der Waals surface area (Å²) in [5, 5.41) is 0. The number of ketones is 1. The third kappa shape index (κ3) is 0.905. The third-order valence-electron chi connectivity index (χ3n) is 4.40. The zero-order chi connectivity index (χ0) is 9.05. The van der Waals surface area contributed by atoms with Gasteiger partial charge < -0.3 is 0 Å². The van der Waals surface area contributed by atoms with E-state index in [-0.39, 0.29) is 0 Å². The monoisotopic (exact) mass is 176 g/mol. The molecule has 3 atom stereocenters. The number of Topliss-reactive ketones (excluding diaryl/α,β-unsaturated/α-hetero) is 1. The minimum atomic E-state index is 0.329. The van der Waals surface area contributed by atoms with Gasteiger partial charge in [0.05, 0.1) is 0 Å². The number of hydrogen-bond acceptors (Lipinski definition) is 1. The Morgan fingerprint density at radius 3 is 3.15 bits per heavy atom. The van der Waals surface area contributed by atoms with Crippen molar-refractivity contribution in [3.63, 3.8) is 0 Å². The number of hydrogen-bond donors (Lipinski definition) is 0. The van der Waals surface area contributed by atoms with Crippen LogP contribution in [0.25, 0.3) is 0 Å². The summed E-state index contributed by atoms with van der Waals surface area (Å²) < 4.78 is 0. The van der Waals surface area contributed by atoms with Gasteiger partial charge in [-0.3, -0.25) is 4.79 Å². The average molecular weight is 176 g/mol. The Balaban J connectivity index is 2.02. The first kappa shape index (κ1) is 7.78. The average Bonchev–Trinajstić information content (AvgIpc) is 2.38. The first-order valence-corrected chi connectivity index (χ1v) is 5.41. The van der Waals surface area contributed by atoms with E-state index in [9.17, 15) is 4.79 Å². The van der Waals surface area contributed by atoms with E-state index in [0.29, 0.717) is 17.1 Å². The van der Waals surface area contributed by atoms with Crippen molar-refractivity contribution >= 4 is 5.78 Å². The second-order valence-corrected chi connectivity index (χ2v) is 5.24. The second kappa shape index (κ2) is 2.26. The molecule has 0 radical (unpaired) electrons. The highest BCUT2D eigenvalue weighted by Gasteiger charge is 2.52. The van der Waals surface area contributed by atoms with Crippen LogP contribution in [0.15, 0.2) is 11.6 Å². The van der Waals surface area contributed by atoms with Crippen LogP contribution < -0.4 is 0 Å². The molecule has 0 unspecified atom stereocenters. The minimum Gasteiger partial charge on any atom is -0.299 e. The standard InChI is InChI=1S/C12H16O/c1-8-4-10-5-9-2-3-12(10,6-8)7-11(9)13/h6,9-10H,2-5,7H2,1H3/t9-,10+,12+/m0/s1. The number of carbonyl (C=O) groups is 1. The van der Waals surface area contributed by atoms with Crippen LogP contribution in [0.1, 0.15) is 39.0 Å². The van der Waals surface area contributed by atoms with E-state index in [0.717, 1.165) is 12.3 Å². The van der Waals surface area contributed by atoms with Gasteiger partial charge >= 0.3 is 0 Å². The molecule has 4 aliphatic carbocycles. The Hall–Kier alpha value is -0.590. The smallest absolute Gasteiger partial charge is 0.136 e. The highest BCUT2D eigenvalue weighted by molar-refractivity contribution is 5.84. The molecule has 1 nitrogen and oxygen atoms in total. The van der Waals surface area contributed by atoms with Gasteiger partial charge in [0.25, 0.3) is 0 Å². The van der Waals surface area contributed by atoms with Crippen molar-refractivity contribution in [2.75, 3.05) is 0 Å². The van der Waals surface area contributed by atoms with Crippen LogP contribution >= 0.6 is 0 Å². The van der Waals surface area contributed by atoms with Crippen molar-refractivity contribution < 1.29 is 4.79 Å². The van der Waals surface area contributed by atoms with E-state index in [1.54, 1.807) is 0 Å². The predicted molar refractivity (Wildman–Crippen MR) is 51.3 cm³/mol. The van der Waals surface area contributed by atoms with Crippen LogP contribution in [0, 0.1) is 17.3 Å². The number of rotatable bonds is 0. The first-order chi connectivity index (χ1) is 6.20. The number of fused-ring (bicyclic) bond motifs is 2. The summed E-state index contributed by atoms with van der Waals surface area (Å²) in [4.78, 5) is 11.7. The van der Waals surface area contributed by atoms with Crippen LogP contribution in [0.3, 0.4) is 0 Å². The summed E-state index contributed by atoms with van der Waals surface area (Å²) in [5.41, 5.74) is 1.86. The molecular weight excluding hydrogens is 160 g/mol. The molecule has 0 aromatic rings. The molecule has 2 bridgehead atoms. The number of carbonyl (C=O) groups excluding carboxylic acids is 1. The SMILES string of the molecule is CC1=C[C@@]23CC[C@@H](C[C@H]2C1)C(=O)C3. The lowest BCUT2D eigenvalue weighted by atomic mass is 9.56. The van der Waals surface area contributed by atoms with Gasteiger partial charge in [-0.15, -0.1) is 0 Å². The van der Waals surface area contributed by atoms with Crippen LogP contribution in [-0.4, -0.2) is 5.78 Å². The topological polar surface area (TPSA) is 17.1 Å². The van der Waals surface area contributed by atoms with Gasteiger partial charge in [-0.2, -0.15) is 0 Å². The first-order valence-electron chi connectivity index (χ1n) is 5.41. The Bertz CT molecular complexity index is 302. The summed E-state index contributed by atoms with van der Waals surface area (Å²) in [6.07, 6.45) is 8.19. The molecule has 0 amide bonds. The lowest BCUT2D eigenvalue weighted by Gasteiger charge is -2.47. The van der Waals surface area contributed by atoms with E-state index in [1.165, 1.54) is 31.3 Å². The van der Waals surface area contributed by atoms with Gasteiger partial charge in [-0.25, -0.2) is 0 Å².